The van der Waals surface area contributed by atoms with Crippen molar-refractivity contribution in [1.82, 2.24) is 4.98 Å². The van der Waals surface area contributed by atoms with E-state index >= 15 is 0 Å². The zero-order valence-corrected chi connectivity index (χ0v) is 9.27. The third-order valence-electron chi connectivity index (χ3n) is 1.94. The molecule has 0 saturated heterocycles. The first-order valence-electron chi connectivity index (χ1n) is 4.61. The molecule has 2 nitrogen and oxygen atoms in total. The lowest BCUT2D eigenvalue weighted by Gasteiger charge is -2.05. The minimum absolute atomic E-state index is 0.0224. The first-order chi connectivity index (χ1) is 8.08. The summed E-state index contributed by atoms with van der Waals surface area (Å²) < 4.78 is 40.1. The van der Waals surface area contributed by atoms with Gasteiger partial charge in [0.2, 0.25) is 0 Å². The summed E-state index contributed by atoms with van der Waals surface area (Å²) in [6, 6.07) is 4.52. The summed E-state index contributed by atoms with van der Waals surface area (Å²) in [4.78, 5) is 3.38. The van der Waals surface area contributed by atoms with Crippen molar-refractivity contribution >= 4 is 17.4 Å². The second kappa shape index (κ2) is 4.67. The van der Waals surface area contributed by atoms with E-state index in [9.17, 15) is 13.2 Å². The van der Waals surface area contributed by atoms with E-state index in [1.807, 2.05) is 0 Å². The van der Waals surface area contributed by atoms with E-state index in [4.69, 9.17) is 5.73 Å². The predicted molar refractivity (Wildman–Crippen MR) is 59.1 cm³/mol. The van der Waals surface area contributed by atoms with Crippen LogP contribution in [0.15, 0.2) is 40.4 Å². The average molecular weight is 256 g/mol. The Morgan fingerprint density at radius 2 is 1.71 bits per heavy atom. The Labute approximate surface area is 99.7 Å². The molecule has 6 heteroatoms. The maximum atomic E-state index is 13.4. The van der Waals surface area contributed by atoms with Gasteiger partial charge in [-0.25, -0.2) is 18.2 Å². The molecule has 0 bridgehead atoms. The highest BCUT2D eigenvalue weighted by atomic mass is 32.2. The summed E-state index contributed by atoms with van der Waals surface area (Å²) in [6.07, 6.45) is 1.35. The number of nitrogen functional groups attached to an aromatic ring is 1. The highest BCUT2D eigenvalue weighted by Gasteiger charge is 2.14. The van der Waals surface area contributed by atoms with E-state index in [2.05, 4.69) is 4.98 Å². The van der Waals surface area contributed by atoms with Crippen LogP contribution in [0.2, 0.25) is 0 Å². The maximum Gasteiger partial charge on any atom is 0.155 e. The number of pyridine rings is 1. The Hall–Kier alpha value is -1.69. The van der Waals surface area contributed by atoms with Crippen molar-refractivity contribution in [2.24, 2.45) is 0 Å². The van der Waals surface area contributed by atoms with Crippen LogP contribution < -0.4 is 5.73 Å². The van der Waals surface area contributed by atoms with Gasteiger partial charge in [0.05, 0.1) is 4.90 Å². The number of halogens is 3. The Morgan fingerprint density at radius 3 is 2.29 bits per heavy atom. The lowest BCUT2D eigenvalue weighted by Crippen LogP contribution is -1.94. The van der Waals surface area contributed by atoms with Gasteiger partial charge in [-0.3, -0.25) is 0 Å². The van der Waals surface area contributed by atoms with Gasteiger partial charge in [-0.1, -0.05) is 11.8 Å². The molecule has 0 saturated carbocycles. The Morgan fingerprint density at radius 1 is 1.06 bits per heavy atom. The summed E-state index contributed by atoms with van der Waals surface area (Å²) in [6.45, 7) is 0. The third kappa shape index (κ3) is 2.52. The summed E-state index contributed by atoms with van der Waals surface area (Å²) in [7, 11) is 0. The van der Waals surface area contributed by atoms with Crippen molar-refractivity contribution in [1.29, 1.82) is 0 Å². The lowest BCUT2D eigenvalue weighted by atomic mass is 10.3. The van der Waals surface area contributed by atoms with Gasteiger partial charge in [0, 0.05) is 11.9 Å². The molecule has 2 N–H and O–H groups in total. The van der Waals surface area contributed by atoms with E-state index < -0.39 is 17.5 Å². The standard InChI is InChI=1S/C11H7F3N2S/c12-7-2-1-3-16-11(7)17-10-8(13)4-6(15)5-9(10)14/h1-5H,15H2. The highest BCUT2D eigenvalue weighted by molar-refractivity contribution is 7.99. The molecule has 0 aliphatic carbocycles. The SMILES string of the molecule is Nc1cc(F)c(Sc2ncccc2F)c(F)c1. The molecular formula is C11H7F3N2S. The van der Waals surface area contributed by atoms with Crippen LogP contribution in [0.3, 0.4) is 0 Å². The molecule has 0 aliphatic rings. The summed E-state index contributed by atoms with van der Waals surface area (Å²) in [5.74, 6) is -2.30. The average Bonchev–Trinajstić information content (AvgIpc) is 2.25. The fraction of sp³-hybridized carbons (Fsp3) is 0. The van der Waals surface area contributed by atoms with E-state index in [0.717, 1.165) is 12.1 Å². The minimum atomic E-state index is -0.836. The fourth-order valence-electron chi connectivity index (χ4n) is 1.22. The molecule has 1 aromatic heterocycles. The van der Waals surface area contributed by atoms with E-state index in [1.54, 1.807) is 0 Å². The topological polar surface area (TPSA) is 38.9 Å². The Bertz CT molecular complexity index is 537. The second-order valence-corrected chi connectivity index (χ2v) is 4.21. The molecule has 0 atom stereocenters. The first kappa shape index (κ1) is 11.8. The molecule has 17 heavy (non-hydrogen) atoms. The number of rotatable bonds is 2. The number of aromatic nitrogens is 1. The second-order valence-electron chi connectivity index (χ2n) is 3.21. The molecule has 0 unspecified atom stereocenters. The van der Waals surface area contributed by atoms with Crippen LogP contribution in [0.25, 0.3) is 0 Å². The van der Waals surface area contributed by atoms with Gasteiger partial charge in [0.15, 0.2) is 5.82 Å². The van der Waals surface area contributed by atoms with Crippen molar-refractivity contribution in [2.75, 3.05) is 5.73 Å². The first-order valence-corrected chi connectivity index (χ1v) is 5.42. The highest BCUT2D eigenvalue weighted by Crippen LogP contribution is 2.33. The van der Waals surface area contributed by atoms with Crippen molar-refractivity contribution in [3.63, 3.8) is 0 Å². The van der Waals surface area contributed by atoms with Gasteiger partial charge in [-0.2, -0.15) is 0 Å². The molecule has 0 amide bonds. The quantitative estimate of drug-likeness (QED) is 0.838. The molecule has 88 valence electrons. The number of hydrogen-bond acceptors (Lipinski definition) is 3. The summed E-state index contributed by atoms with van der Waals surface area (Å²) in [5, 5.41) is -0.0879. The van der Waals surface area contributed by atoms with E-state index in [0.29, 0.717) is 11.8 Å². The maximum absolute atomic E-state index is 13.4. The molecule has 1 heterocycles. The molecule has 0 fully saturated rings. The number of hydrogen-bond donors (Lipinski definition) is 1. The van der Waals surface area contributed by atoms with Crippen LogP contribution in [0.4, 0.5) is 18.9 Å². The molecule has 2 rings (SSSR count). The summed E-state index contributed by atoms with van der Waals surface area (Å²) >= 11 is 0.584. The lowest BCUT2D eigenvalue weighted by molar-refractivity contribution is 0.540. The van der Waals surface area contributed by atoms with Crippen LogP contribution in [-0.4, -0.2) is 4.98 Å². The zero-order chi connectivity index (χ0) is 12.4. The van der Waals surface area contributed by atoms with Crippen LogP contribution in [0, 0.1) is 17.5 Å². The zero-order valence-electron chi connectivity index (χ0n) is 8.45. The fourth-order valence-corrected chi connectivity index (χ4v) is 2.01. The largest absolute Gasteiger partial charge is 0.399 e. The Balaban J connectivity index is 2.40. The van der Waals surface area contributed by atoms with Gasteiger partial charge < -0.3 is 5.73 Å². The van der Waals surface area contributed by atoms with Gasteiger partial charge >= 0.3 is 0 Å². The number of benzene rings is 1. The smallest absolute Gasteiger partial charge is 0.155 e. The predicted octanol–water partition coefficient (Wildman–Crippen LogP) is 3.23. The van der Waals surface area contributed by atoms with Crippen LogP contribution in [0.1, 0.15) is 0 Å². The van der Waals surface area contributed by atoms with Crippen LogP contribution in [-0.2, 0) is 0 Å². The van der Waals surface area contributed by atoms with Gasteiger partial charge in [-0.05, 0) is 24.3 Å². The van der Waals surface area contributed by atoms with Crippen molar-refractivity contribution < 1.29 is 13.2 Å². The minimum Gasteiger partial charge on any atom is -0.399 e. The molecule has 0 spiro atoms. The molecule has 0 aliphatic heterocycles. The van der Waals surface area contributed by atoms with Crippen LogP contribution in [0.5, 0.6) is 0 Å². The van der Waals surface area contributed by atoms with Gasteiger partial charge in [0.25, 0.3) is 0 Å². The van der Waals surface area contributed by atoms with Gasteiger partial charge in [-0.15, -0.1) is 0 Å². The monoisotopic (exact) mass is 256 g/mol. The Kier molecular flexibility index (Phi) is 3.23. The van der Waals surface area contributed by atoms with E-state index in [-0.39, 0.29) is 15.6 Å². The normalized spacial score (nSPS) is 10.5. The summed E-state index contributed by atoms with van der Waals surface area (Å²) in [5.41, 5.74) is 5.25. The van der Waals surface area contributed by atoms with Crippen molar-refractivity contribution in [2.45, 2.75) is 9.92 Å². The molecule has 0 radical (unpaired) electrons. The van der Waals surface area contributed by atoms with Crippen molar-refractivity contribution in [3.05, 3.63) is 47.9 Å². The number of anilines is 1. The van der Waals surface area contributed by atoms with Crippen LogP contribution >= 0.6 is 11.8 Å². The number of nitrogens with zero attached hydrogens (tertiary/aromatic N) is 1. The molecular weight excluding hydrogens is 249 g/mol. The van der Waals surface area contributed by atoms with Crippen molar-refractivity contribution in [3.8, 4) is 0 Å². The third-order valence-corrected chi connectivity index (χ3v) is 3.03. The van der Waals surface area contributed by atoms with E-state index in [1.165, 1.54) is 18.3 Å². The molecule has 1 aromatic carbocycles. The molecule has 2 aromatic rings. The van der Waals surface area contributed by atoms with Gasteiger partial charge in [0.1, 0.15) is 16.7 Å². The number of nitrogens with two attached hydrogens (primary N) is 1.